The molecule has 1 aliphatic carbocycles. The van der Waals surface area contributed by atoms with Crippen molar-refractivity contribution in [1.29, 1.82) is 0 Å². The molecule has 4 rings (SSSR count). The smallest absolute Gasteiger partial charge is 0.366 e. The van der Waals surface area contributed by atoms with Gasteiger partial charge in [-0.25, -0.2) is 0 Å². The lowest BCUT2D eigenvalue weighted by Crippen LogP contribution is -2.38. The molecule has 0 spiro atoms. The lowest BCUT2D eigenvalue weighted by atomic mass is 9.95. The highest BCUT2D eigenvalue weighted by atomic mass is 32.1. The second kappa shape index (κ2) is 7.82. The van der Waals surface area contributed by atoms with Gasteiger partial charge < -0.3 is 10.2 Å². The Bertz CT molecular complexity index is 968. The van der Waals surface area contributed by atoms with Crippen molar-refractivity contribution in [2.75, 3.05) is 23.3 Å². The van der Waals surface area contributed by atoms with Gasteiger partial charge >= 0.3 is 6.18 Å². The monoisotopic (exact) mass is 441 g/mol. The van der Waals surface area contributed by atoms with Crippen LogP contribution in [0.5, 0.6) is 0 Å². The molecule has 1 saturated carbocycles. The fourth-order valence-electron chi connectivity index (χ4n) is 3.48. The third kappa shape index (κ3) is 4.37. The number of rotatable bonds is 5. The number of alkyl halides is 3. The van der Waals surface area contributed by atoms with E-state index in [1.165, 1.54) is 11.3 Å². The number of anilines is 2. The van der Waals surface area contributed by atoms with Gasteiger partial charge in [-0.05, 0) is 37.8 Å². The van der Waals surface area contributed by atoms with Crippen molar-refractivity contribution < 1.29 is 22.9 Å². The number of halogens is 3. The summed E-state index contributed by atoms with van der Waals surface area (Å²) in [6.07, 6.45) is -1.61. The molecule has 1 aromatic heterocycles. The molecule has 1 N–H and O–H groups in total. The van der Waals surface area contributed by atoms with E-state index in [2.05, 4.69) is 15.5 Å². The van der Waals surface area contributed by atoms with Crippen LogP contribution >= 0.6 is 11.3 Å². The number of benzene rings is 1. The standard InChI is InChI=1S/C18H18F3N5O3S/c19-18(20,21)12-3-4-13(14(9-12)26(28)29)25-7-5-10(6-8-25)15(27)22-17-24-23-16(30-17)11-1-2-11/h3-4,9-11H,1-2,5-8H2,(H,22,24,27). The highest BCUT2D eigenvalue weighted by Gasteiger charge is 2.35. The maximum atomic E-state index is 12.9. The second-order valence-corrected chi connectivity index (χ2v) is 8.44. The molecule has 1 saturated heterocycles. The quantitative estimate of drug-likeness (QED) is 0.551. The molecule has 0 unspecified atom stereocenters. The van der Waals surface area contributed by atoms with Crippen molar-refractivity contribution in [3.63, 3.8) is 0 Å². The van der Waals surface area contributed by atoms with Gasteiger partial charge in [-0.15, -0.1) is 10.2 Å². The third-order valence-corrected chi connectivity index (χ3v) is 6.30. The molecular weight excluding hydrogens is 423 g/mol. The van der Waals surface area contributed by atoms with Gasteiger partial charge in [0.05, 0.1) is 10.5 Å². The molecule has 2 aliphatic rings. The van der Waals surface area contributed by atoms with Crippen LogP contribution in [0.1, 0.15) is 42.2 Å². The summed E-state index contributed by atoms with van der Waals surface area (Å²) in [7, 11) is 0. The van der Waals surface area contributed by atoms with Crippen LogP contribution in [0.2, 0.25) is 0 Å². The maximum Gasteiger partial charge on any atom is 0.416 e. The van der Waals surface area contributed by atoms with E-state index >= 15 is 0 Å². The number of hydrogen-bond donors (Lipinski definition) is 1. The van der Waals surface area contributed by atoms with E-state index in [-0.39, 0.29) is 17.5 Å². The first-order valence-electron chi connectivity index (χ1n) is 9.47. The fourth-order valence-corrected chi connectivity index (χ4v) is 4.40. The van der Waals surface area contributed by atoms with Gasteiger partial charge in [0, 0.05) is 31.0 Å². The Kier molecular flexibility index (Phi) is 5.35. The van der Waals surface area contributed by atoms with E-state index in [0.717, 1.165) is 30.0 Å². The van der Waals surface area contributed by atoms with Gasteiger partial charge in [0.1, 0.15) is 10.7 Å². The molecular formula is C18H18F3N5O3S. The lowest BCUT2D eigenvalue weighted by Gasteiger charge is -2.32. The average molecular weight is 441 g/mol. The second-order valence-electron chi connectivity index (χ2n) is 7.43. The van der Waals surface area contributed by atoms with Crippen molar-refractivity contribution in [2.45, 2.75) is 37.8 Å². The van der Waals surface area contributed by atoms with E-state index in [1.807, 2.05) is 0 Å². The number of carbonyl (C=O) groups excluding carboxylic acids is 1. The minimum absolute atomic E-state index is 0.130. The predicted molar refractivity (Wildman–Crippen MR) is 104 cm³/mol. The molecule has 12 heteroatoms. The third-order valence-electron chi connectivity index (χ3n) is 5.30. The van der Waals surface area contributed by atoms with E-state index in [4.69, 9.17) is 0 Å². The van der Waals surface area contributed by atoms with Crippen LogP contribution < -0.4 is 10.2 Å². The van der Waals surface area contributed by atoms with E-state index < -0.39 is 22.4 Å². The molecule has 0 bridgehead atoms. The Morgan fingerprint density at radius 1 is 1.20 bits per heavy atom. The summed E-state index contributed by atoms with van der Waals surface area (Å²) < 4.78 is 38.7. The largest absolute Gasteiger partial charge is 0.416 e. The number of nitrogens with one attached hydrogen (secondary N) is 1. The molecule has 1 amide bonds. The number of aromatic nitrogens is 2. The zero-order valence-corrected chi connectivity index (χ0v) is 16.5. The first kappa shape index (κ1) is 20.5. The number of nitrogens with zero attached hydrogens (tertiary/aromatic N) is 4. The van der Waals surface area contributed by atoms with Gasteiger partial charge in [0.15, 0.2) is 0 Å². The molecule has 1 aliphatic heterocycles. The summed E-state index contributed by atoms with van der Waals surface area (Å²) in [6.45, 7) is 0.654. The first-order valence-corrected chi connectivity index (χ1v) is 10.3. The van der Waals surface area contributed by atoms with Crippen LogP contribution in [-0.4, -0.2) is 34.1 Å². The molecule has 0 radical (unpaired) electrons. The molecule has 8 nitrogen and oxygen atoms in total. The number of carbonyl (C=O) groups is 1. The highest BCUT2D eigenvalue weighted by molar-refractivity contribution is 7.15. The van der Waals surface area contributed by atoms with Crippen LogP contribution in [0, 0.1) is 16.0 Å². The van der Waals surface area contributed by atoms with Crippen LogP contribution in [-0.2, 0) is 11.0 Å². The first-order chi connectivity index (χ1) is 14.2. The SMILES string of the molecule is O=C(Nc1nnc(C2CC2)s1)C1CCN(c2ccc(C(F)(F)F)cc2[N+](=O)[O-])CC1. The predicted octanol–water partition coefficient (Wildman–Crippen LogP) is 4.20. The van der Waals surface area contributed by atoms with Crippen molar-refractivity contribution in [3.05, 3.63) is 38.9 Å². The van der Waals surface area contributed by atoms with Gasteiger partial charge in [-0.3, -0.25) is 14.9 Å². The number of nitro benzene ring substituents is 1. The molecule has 2 aromatic rings. The molecule has 2 heterocycles. The fraction of sp³-hybridized carbons (Fsp3) is 0.500. The minimum atomic E-state index is -4.65. The maximum absolute atomic E-state index is 12.9. The van der Waals surface area contributed by atoms with Gasteiger partial charge in [-0.2, -0.15) is 13.2 Å². The summed E-state index contributed by atoms with van der Waals surface area (Å²) in [5.41, 5.74) is -1.52. The summed E-state index contributed by atoms with van der Waals surface area (Å²) >= 11 is 1.37. The average Bonchev–Trinajstić information content (AvgIpc) is 3.46. The summed E-state index contributed by atoms with van der Waals surface area (Å²) in [5, 5.41) is 23.5. The number of nitro groups is 1. The van der Waals surface area contributed by atoms with E-state index in [1.54, 1.807) is 4.90 Å². The van der Waals surface area contributed by atoms with Crippen LogP contribution in [0.4, 0.5) is 29.7 Å². The Hall–Kier alpha value is -2.76. The zero-order chi connectivity index (χ0) is 21.5. The zero-order valence-electron chi connectivity index (χ0n) is 15.7. The Balaban J connectivity index is 1.40. The summed E-state index contributed by atoms with van der Waals surface area (Å²) in [4.78, 5) is 24.7. The Morgan fingerprint density at radius 3 is 2.50 bits per heavy atom. The van der Waals surface area contributed by atoms with Crippen molar-refractivity contribution in [1.82, 2.24) is 10.2 Å². The minimum Gasteiger partial charge on any atom is -0.366 e. The van der Waals surface area contributed by atoms with Crippen molar-refractivity contribution in [2.24, 2.45) is 5.92 Å². The Labute approximate surface area is 173 Å². The number of hydrogen-bond acceptors (Lipinski definition) is 7. The summed E-state index contributed by atoms with van der Waals surface area (Å²) in [6, 6.07) is 2.52. The molecule has 1 aromatic carbocycles. The molecule has 30 heavy (non-hydrogen) atoms. The lowest BCUT2D eigenvalue weighted by molar-refractivity contribution is -0.384. The van der Waals surface area contributed by atoms with E-state index in [0.29, 0.717) is 43.0 Å². The van der Waals surface area contributed by atoms with Crippen molar-refractivity contribution in [3.8, 4) is 0 Å². The molecule has 160 valence electrons. The van der Waals surface area contributed by atoms with Crippen molar-refractivity contribution >= 4 is 33.8 Å². The van der Waals surface area contributed by atoms with E-state index in [9.17, 15) is 28.1 Å². The number of piperidine rings is 1. The Morgan fingerprint density at radius 2 is 1.90 bits per heavy atom. The van der Waals surface area contributed by atoms with Gasteiger partial charge in [0.2, 0.25) is 11.0 Å². The van der Waals surface area contributed by atoms with Crippen LogP contribution in [0.15, 0.2) is 18.2 Å². The number of amides is 1. The van der Waals surface area contributed by atoms with Crippen LogP contribution in [0.25, 0.3) is 0 Å². The van der Waals surface area contributed by atoms with Gasteiger partial charge in [0.25, 0.3) is 5.69 Å². The van der Waals surface area contributed by atoms with Gasteiger partial charge in [-0.1, -0.05) is 11.3 Å². The highest BCUT2D eigenvalue weighted by Crippen LogP contribution is 2.42. The van der Waals surface area contributed by atoms with Crippen LogP contribution in [0.3, 0.4) is 0 Å². The summed E-state index contributed by atoms with van der Waals surface area (Å²) in [5.74, 6) is -0.0333. The normalized spacial score (nSPS) is 17.8. The molecule has 0 atom stereocenters. The topological polar surface area (TPSA) is 101 Å². The molecule has 2 fully saturated rings.